The minimum absolute atomic E-state index is 0.760. The Labute approximate surface area is 102 Å². The number of hydrazine groups is 4. The average molecular weight is 266 g/mol. The first-order valence-electron chi connectivity index (χ1n) is 4.67. The van der Waals surface area contributed by atoms with Gasteiger partial charge in [0.2, 0.25) is 23.3 Å². The van der Waals surface area contributed by atoms with Gasteiger partial charge in [-0.3, -0.25) is 33.0 Å². The number of ketones is 2. The topological polar surface area (TPSA) is 227 Å². The number of nitrogens with one attached hydrogen (secondary N) is 4. The van der Waals surface area contributed by atoms with E-state index in [1.165, 1.54) is 0 Å². The molecule has 0 aliphatic rings. The molecule has 0 atom stereocenters. The number of hydrogen-bond acceptors (Lipinski definition) is 12. The molecule has 0 rings (SSSR count). The van der Waals surface area contributed by atoms with Gasteiger partial charge in [0.25, 0.3) is 0 Å². The molecule has 0 aromatic heterocycles. The summed E-state index contributed by atoms with van der Waals surface area (Å²) in [5.41, 5.74) is 7.23. The van der Waals surface area contributed by atoms with Gasteiger partial charge >= 0.3 is 0 Å². The summed E-state index contributed by atoms with van der Waals surface area (Å²) >= 11 is 0. The van der Waals surface area contributed by atoms with E-state index in [2.05, 4.69) is 0 Å². The summed E-state index contributed by atoms with van der Waals surface area (Å²) < 4.78 is 0. The normalized spacial score (nSPS) is 12.6. The van der Waals surface area contributed by atoms with Crippen LogP contribution in [0.1, 0.15) is 12.8 Å². The maximum atomic E-state index is 11.4. The number of rotatable bonds is 9. The number of carbonyl (C=O) groups excluding carboxylic acids is 2. The molecule has 0 saturated carbocycles. The highest BCUT2D eigenvalue weighted by molar-refractivity contribution is 6.37. The molecule has 0 unspecified atom stereocenters. The van der Waals surface area contributed by atoms with Gasteiger partial charge in [-0.2, -0.15) is 0 Å². The molecule has 18 heavy (non-hydrogen) atoms. The average Bonchev–Trinajstić information content (AvgIpc) is 2.38. The van der Waals surface area contributed by atoms with Crippen molar-refractivity contribution in [2.24, 2.45) is 23.4 Å². The molecule has 12 nitrogen and oxygen atoms in total. The van der Waals surface area contributed by atoms with E-state index in [0.717, 1.165) is 0 Å². The zero-order valence-electron chi connectivity index (χ0n) is 9.43. The molecule has 0 aliphatic heterocycles. The van der Waals surface area contributed by atoms with Gasteiger partial charge in [-0.1, -0.05) is 0 Å². The maximum Gasteiger partial charge on any atom is 0.204 e. The van der Waals surface area contributed by atoms with Crippen molar-refractivity contribution in [1.82, 2.24) is 21.7 Å². The predicted octanol–water partition coefficient (Wildman–Crippen LogP) is -5.95. The van der Waals surface area contributed by atoms with Gasteiger partial charge in [-0.05, 0) is 0 Å². The second-order valence-corrected chi connectivity index (χ2v) is 3.50. The number of nitrogens with two attached hydrogens (primary N) is 4. The van der Waals surface area contributed by atoms with E-state index in [1.54, 1.807) is 0 Å². The van der Waals surface area contributed by atoms with Crippen molar-refractivity contribution in [3.05, 3.63) is 0 Å². The Morgan fingerprint density at radius 1 is 0.778 bits per heavy atom. The molecule has 0 radical (unpaired) electrons. The number of hydrogen-bond donors (Lipinski definition) is 10. The monoisotopic (exact) mass is 266 g/mol. The van der Waals surface area contributed by atoms with Gasteiger partial charge in [0.1, 0.15) is 0 Å². The summed E-state index contributed by atoms with van der Waals surface area (Å²) in [7, 11) is 0. The first kappa shape index (κ1) is 16.9. The Kier molecular flexibility index (Phi) is 6.36. The lowest BCUT2D eigenvalue weighted by molar-refractivity contribution is -0.146. The van der Waals surface area contributed by atoms with Crippen molar-refractivity contribution in [3.8, 4) is 0 Å². The lowest BCUT2D eigenvalue weighted by Gasteiger charge is -2.27. The van der Waals surface area contributed by atoms with Crippen LogP contribution >= 0.6 is 0 Å². The fourth-order valence-electron chi connectivity index (χ4n) is 0.949. The van der Waals surface area contributed by atoms with E-state index in [-0.39, 0.29) is 0 Å². The minimum Gasteiger partial charge on any atom is -0.361 e. The van der Waals surface area contributed by atoms with Gasteiger partial charge in [-0.25, -0.2) is 21.7 Å². The van der Waals surface area contributed by atoms with E-state index in [0.29, 0.717) is 0 Å². The van der Waals surface area contributed by atoms with Crippen LogP contribution in [0.3, 0.4) is 0 Å². The molecule has 0 aromatic rings. The molecule has 0 aliphatic carbocycles. The van der Waals surface area contributed by atoms with Gasteiger partial charge < -0.3 is 10.2 Å². The molecule has 0 fully saturated rings. The molecule has 0 amide bonds. The molecule has 0 bridgehead atoms. The minimum atomic E-state index is -2.14. The van der Waals surface area contributed by atoms with Crippen LogP contribution in [-0.4, -0.2) is 33.5 Å². The third-order valence-electron chi connectivity index (χ3n) is 2.10. The summed E-state index contributed by atoms with van der Waals surface area (Å²) in [6.07, 6.45) is -1.52. The molecular weight excluding hydrogens is 248 g/mol. The zero-order valence-corrected chi connectivity index (χ0v) is 9.43. The first-order valence-corrected chi connectivity index (χ1v) is 4.67. The summed E-state index contributed by atoms with van der Waals surface area (Å²) in [6, 6.07) is 0. The Balaban J connectivity index is 4.58. The summed E-state index contributed by atoms with van der Waals surface area (Å²) in [4.78, 5) is 22.9. The summed E-state index contributed by atoms with van der Waals surface area (Å²) in [6.45, 7) is 0. The fraction of sp³-hybridized carbons (Fsp3) is 0.667. The first-order chi connectivity index (χ1) is 8.25. The van der Waals surface area contributed by atoms with Crippen LogP contribution in [0.15, 0.2) is 0 Å². The van der Waals surface area contributed by atoms with Crippen molar-refractivity contribution in [2.75, 3.05) is 0 Å². The van der Waals surface area contributed by atoms with Gasteiger partial charge in [0.05, 0.1) is 12.8 Å². The van der Waals surface area contributed by atoms with E-state index in [9.17, 15) is 19.8 Å². The van der Waals surface area contributed by atoms with Crippen molar-refractivity contribution < 1.29 is 19.8 Å². The number of aliphatic hydroxyl groups is 2. The van der Waals surface area contributed by atoms with Crippen molar-refractivity contribution in [2.45, 2.75) is 24.5 Å². The van der Waals surface area contributed by atoms with Crippen molar-refractivity contribution >= 4 is 11.6 Å². The molecule has 0 spiro atoms. The molecule has 0 saturated heterocycles. The van der Waals surface area contributed by atoms with Crippen LogP contribution < -0.4 is 45.1 Å². The molecule has 14 N–H and O–H groups in total. The van der Waals surface area contributed by atoms with E-state index < -0.39 is 36.1 Å². The quantitative estimate of drug-likeness (QED) is 0.0813. The Bertz CT molecular complexity index is 272. The van der Waals surface area contributed by atoms with Crippen LogP contribution in [0.5, 0.6) is 0 Å². The zero-order chi connectivity index (χ0) is 14.4. The van der Waals surface area contributed by atoms with Gasteiger partial charge in [-0.15, -0.1) is 0 Å². The van der Waals surface area contributed by atoms with Crippen LogP contribution in [0, 0.1) is 0 Å². The third-order valence-corrected chi connectivity index (χ3v) is 2.10. The van der Waals surface area contributed by atoms with Crippen LogP contribution in [0.25, 0.3) is 0 Å². The van der Waals surface area contributed by atoms with E-state index in [4.69, 9.17) is 23.4 Å². The highest BCUT2D eigenvalue weighted by Crippen LogP contribution is 2.06. The lowest BCUT2D eigenvalue weighted by atomic mass is 10.1. The van der Waals surface area contributed by atoms with Crippen molar-refractivity contribution in [3.63, 3.8) is 0 Å². The Morgan fingerprint density at radius 3 is 1.17 bits per heavy atom. The third kappa shape index (κ3) is 4.67. The highest BCUT2D eigenvalue weighted by Gasteiger charge is 2.34. The summed E-state index contributed by atoms with van der Waals surface area (Å²) in [5, 5.41) is 18.9. The number of carbonyl (C=O) groups is 2. The Morgan fingerprint density at radius 2 is 1.00 bits per heavy atom. The van der Waals surface area contributed by atoms with Gasteiger partial charge in [0, 0.05) is 0 Å². The van der Waals surface area contributed by atoms with Crippen LogP contribution in [0.2, 0.25) is 0 Å². The smallest absolute Gasteiger partial charge is 0.204 e. The standard InChI is InChI=1S/C6H18N8O4/c7-11-5(17,12-8)1-3(15)4(16)2-6(18,13-9)14-10/h11-14,17-18H,1-2,7-10H2. The largest absolute Gasteiger partial charge is 0.361 e. The van der Waals surface area contributed by atoms with Gasteiger partial charge in [0.15, 0.2) is 0 Å². The van der Waals surface area contributed by atoms with Crippen LogP contribution in [0.4, 0.5) is 0 Å². The maximum absolute atomic E-state index is 11.4. The molecule has 106 valence electrons. The fourth-order valence-corrected chi connectivity index (χ4v) is 0.949. The van der Waals surface area contributed by atoms with E-state index >= 15 is 0 Å². The van der Waals surface area contributed by atoms with E-state index in [1.807, 2.05) is 21.7 Å². The Hall–Kier alpha value is -1.06. The molecule has 12 heteroatoms. The lowest BCUT2D eigenvalue weighted by Crippen LogP contribution is -2.65. The number of Topliss-reactive ketones (excluding diaryl/α,β-unsaturated/α-hetero) is 2. The highest BCUT2D eigenvalue weighted by atomic mass is 16.3. The second-order valence-electron chi connectivity index (χ2n) is 3.50. The molecular formula is C6H18N8O4. The predicted molar refractivity (Wildman–Crippen MR) is 58.4 cm³/mol. The second kappa shape index (κ2) is 6.76. The van der Waals surface area contributed by atoms with Crippen molar-refractivity contribution in [1.29, 1.82) is 0 Å². The SMILES string of the molecule is NNC(O)(CC(=O)C(=O)CC(O)(NN)NN)NN. The molecule has 0 aromatic carbocycles. The molecule has 0 heterocycles. The summed E-state index contributed by atoms with van der Waals surface area (Å²) in [5.74, 6) is 13.3. The van der Waals surface area contributed by atoms with Crippen LogP contribution in [-0.2, 0) is 9.59 Å².